The lowest BCUT2D eigenvalue weighted by atomic mass is 9.93. The van der Waals surface area contributed by atoms with Gasteiger partial charge in [0.05, 0.1) is 5.52 Å². The van der Waals surface area contributed by atoms with Gasteiger partial charge in [-0.2, -0.15) is 0 Å². The Bertz CT molecular complexity index is 843. The first kappa shape index (κ1) is 12.9. The molecule has 0 spiro atoms. The molecule has 0 saturated carbocycles. The fourth-order valence-electron chi connectivity index (χ4n) is 3.24. The van der Waals surface area contributed by atoms with Crippen LogP contribution in [0.1, 0.15) is 18.2 Å². The van der Waals surface area contributed by atoms with Gasteiger partial charge in [-0.25, -0.2) is 0 Å². The van der Waals surface area contributed by atoms with E-state index >= 15 is 0 Å². The number of benzene rings is 2. The van der Waals surface area contributed by atoms with E-state index in [0.717, 1.165) is 10.9 Å². The smallest absolute Gasteiger partial charge is 0.0548 e. The van der Waals surface area contributed by atoms with E-state index in [-0.39, 0.29) is 0 Å². The molecule has 1 aromatic heterocycles. The Labute approximate surface area is 133 Å². The molecule has 1 heterocycles. The van der Waals surface area contributed by atoms with Crippen LogP contribution >= 0.6 is 15.9 Å². The zero-order valence-corrected chi connectivity index (χ0v) is 13.5. The first-order chi connectivity index (χ1) is 10.2. The second kappa shape index (κ2) is 4.88. The van der Waals surface area contributed by atoms with Crippen molar-refractivity contribution < 1.29 is 0 Å². The molecule has 0 radical (unpaired) electrons. The summed E-state index contributed by atoms with van der Waals surface area (Å²) < 4.78 is 3.50. The minimum Gasteiger partial charge on any atom is -0.310 e. The van der Waals surface area contributed by atoms with Crippen LogP contribution < -0.4 is 0 Å². The molecular weight excluding hydrogens is 322 g/mol. The van der Waals surface area contributed by atoms with E-state index in [9.17, 15) is 0 Å². The lowest BCUT2D eigenvalue weighted by molar-refractivity contribution is 0.718. The topological polar surface area (TPSA) is 4.93 Å². The molecule has 1 aliphatic carbocycles. The zero-order chi connectivity index (χ0) is 14.4. The van der Waals surface area contributed by atoms with Crippen LogP contribution in [0.4, 0.5) is 0 Å². The Morgan fingerprint density at radius 3 is 2.71 bits per heavy atom. The predicted molar refractivity (Wildman–Crippen MR) is 92.9 cm³/mol. The third-order valence-electron chi connectivity index (χ3n) is 4.20. The number of hydrogen-bond acceptors (Lipinski definition) is 0. The van der Waals surface area contributed by atoms with Crippen molar-refractivity contribution in [3.05, 3.63) is 70.3 Å². The molecule has 1 aliphatic rings. The van der Waals surface area contributed by atoms with Crippen LogP contribution in [0, 0.1) is 5.92 Å². The van der Waals surface area contributed by atoms with Crippen molar-refractivity contribution in [2.45, 2.75) is 13.3 Å². The number of rotatable bonds is 1. The molecule has 0 fully saturated rings. The molecule has 4 rings (SSSR count). The van der Waals surface area contributed by atoms with Crippen molar-refractivity contribution >= 4 is 32.9 Å². The maximum absolute atomic E-state index is 3.61. The van der Waals surface area contributed by atoms with Crippen LogP contribution in [0.3, 0.4) is 0 Å². The van der Waals surface area contributed by atoms with Gasteiger partial charge in [0.2, 0.25) is 0 Å². The maximum Gasteiger partial charge on any atom is 0.0548 e. The number of halogens is 1. The zero-order valence-electron chi connectivity index (χ0n) is 11.9. The van der Waals surface area contributed by atoms with Gasteiger partial charge in [-0.1, -0.05) is 53.2 Å². The van der Waals surface area contributed by atoms with Crippen LogP contribution in [0.2, 0.25) is 0 Å². The van der Waals surface area contributed by atoms with Crippen molar-refractivity contribution in [2.75, 3.05) is 0 Å². The molecule has 0 saturated heterocycles. The van der Waals surface area contributed by atoms with Gasteiger partial charge in [0, 0.05) is 21.2 Å². The highest BCUT2D eigenvalue weighted by molar-refractivity contribution is 9.10. The summed E-state index contributed by atoms with van der Waals surface area (Å²) in [5, 5.41) is 1.37. The first-order valence-electron chi connectivity index (χ1n) is 7.30. The molecule has 0 aliphatic heterocycles. The summed E-state index contributed by atoms with van der Waals surface area (Å²) in [5.74, 6) is 0.607. The van der Waals surface area contributed by atoms with Gasteiger partial charge in [-0.3, -0.25) is 0 Å². The number of fused-ring (bicyclic) bond motifs is 3. The molecule has 21 heavy (non-hydrogen) atoms. The second-order valence-corrected chi connectivity index (χ2v) is 6.65. The minimum absolute atomic E-state index is 0.607. The Morgan fingerprint density at radius 2 is 1.90 bits per heavy atom. The molecule has 1 nitrogen and oxygen atoms in total. The highest BCUT2D eigenvalue weighted by atomic mass is 79.9. The summed E-state index contributed by atoms with van der Waals surface area (Å²) in [4.78, 5) is 0. The van der Waals surface area contributed by atoms with Crippen LogP contribution in [-0.4, -0.2) is 4.57 Å². The SMILES string of the molecule is CC1C=Cc2c(c3ccc(Br)cc3n2-c2ccccc2)C1. The second-order valence-electron chi connectivity index (χ2n) is 5.74. The monoisotopic (exact) mass is 337 g/mol. The van der Waals surface area contributed by atoms with Gasteiger partial charge >= 0.3 is 0 Å². The van der Waals surface area contributed by atoms with Crippen LogP contribution in [0.25, 0.3) is 22.7 Å². The molecule has 2 aromatic carbocycles. The van der Waals surface area contributed by atoms with Crippen LogP contribution in [0.15, 0.2) is 59.1 Å². The molecule has 0 N–H and O–H groups in total. The van der Waals surface area contributed by atoms with Gasteiger partial charge in [0.25, 0.3) is 0 Å². The van der Waals surface area contributed by atoms with E-state index in [1.807, 2.05) is 0 Å². The molecule has 104 valence electrons. The van der Waals surface area contributed by atoms with Gasteiger partial charge in [-0.05, 0) is 48.2 Å². The summed E-state index contributed by atoms with van der Waals surface area (Å²) in [6, 6.07) is 17.2. The largest absolute Gasteiger partial charge is 0.310 e. The van der Waals surface area contributed by atoms with Crippen molar-refractivity contribution in [1.82, 2.24) is 4.57 Å². The Kier molecular flexibility index (Phi) is 3.00. The lowest BCUT2D eigenvalue weighted by Crippen LogP contribution is -2.05. The molecular formula is C19H16BrN. The first-order valence-corrected chi connectivity index (χ1v) is 8.10. The number of nitrogens with zero attached hydrogens (tertiary/aromatic N) is 1. The number of hydrogen-bond donors (Lipinski definition) is 0. The molecule has 3 aromatic rings. The van der Waals surface area contributed by atoms with Crippen molar-refractivity contribution in [3.8, 4) is 5.69 Å². The van der Waals surface area contributed by atoms with E-state index in [4.69, 9.17) is 0 Å². The summed E-state index contributed by atoms with van der Waals surface area (Å²) in [6.45, 7) is 2.28. The van der Waals surface area contributed by atoms with Crippen molar-refractivity contribution in [2.24, 2.45) is 5.92 Å². The minimum atomic E-state index is 0.607. The predicted octanol–water partition coefficient (Wildman–Crippen LogP) is 5.60. The van der Waals surface area contributed by atoms with Gasteiger partial charge in [0.15, 0.2) is 0 Å². The number of para-hydroxylation sites is 1. The average molecular weight is 338 g/mol. The Balaban J connectivity index is 2.11. The fourth-order valence-corrected chi connectivity index (χ4v) is 3.59. The van der Waals surface area contributed by atoms with E-state index in [1.165, 1.54) is 27.8 Å². The fraction of sp³-hybridized carbons (Fsp3) is 0.158. The van der Waals surface area contributed by atoms with Crippen LogP contribution in [-0.2, 0) is 6.42 Å². The molecule has 1 unspecified atom stereocenters. The van der Waals surface area contributed by atoms with Crippen molar-refractivity contribution in [1.29, 1.82) is 0 Å². The molecule has 1 atom stereocenters. The summed E-state index contributed by atoms with van der Waals surface area (Å²) in [6.07, 6.45) is 5.71. The summed E-state index contributed by atoms with van der Waals surface area (Å²) >= 11 is 3.61. The Hall–Kier alpha value is -1.80. The standard InChI is InChI=1S/C19H16BrN/c1-13-7-10-18-17(11-13)16-9-8-14(20)12-19(16)21(18)15-5-3-2-4-6-15/h2-10,12-13H,11H2,1H3. The molecule has 0 bridgehead atoms. The summed E-state index contributed by atoms with van der Waals surface area (Å²) in [5.41, 5.74) is 5.30. The van der Waals surface area contributed by atoms with Crippen molar-refractivity contribution in [3.63, 3.8) is 0 Å². The number of aromatic nitrogens is 1. The normalized spacial score (nSPS) is 17.1. The highest BCUT2D eigenvalue weighted by Gasteiger charge is 2.20. The maximum atomic E-state index is 3.61. The van der Waals surface area contributed by atoms with Crippen LogP contribution in [0.5, 0.6) is 0 Å². The third kappa shape index (κ3) is 2.06. The van der Waals surface area contributed by atoms with E-state index in [0.29, 0.717) is 5.92 Å². The lowest BCUT2D eigenvalue weighted by Gasteiger charge is -2.15. The van der Waals surface area contributed by atoms with Gasteiger partial charge in [-0.15, -0.1) is 0 Å². The van der Waals surface area contributed by atoms with E-state index in [1.54, 1.807) is 0 Å². The third-order valence-corrected chi connectivity index (χ3v) is 4.69. The van der Waals surface area contributed by atoms with E-state index < -0.39 is 0 Å². The molecule has 0 amide bonds. The van der Waals surface area contributed by atoms with E-state index in [2.05, 4.69) is 88.1 Å². The quantitative estimate of drug-likeness (QED) is 0.544. The van der Waals surface area contributed by atoms with Gasteiger partial charge < -0.3 is 4.57 Å². The molecule has 2 heteroatoms. The summed E-state index contributed by atoms with van der Waals surface area (Å²) in [7, 11) is 0. The van der Waals surface area contributed by atoms with Gasteiger partial charge in [0.1, 0.15) is 0 Å². The Morgan fingerprint density at radius 1 is 1.10 bits per heavy atom. The average Bonchev–Trinajstić information content (AvgIpc) is 2.81. The number of allylic oxidation sites excluding steroid dienone is 1. The highest BCUT2D eigenvalue weighted by Crippen LogP contribution is 2.36.